The van der Waals surface area contributed by atoms with Gasteiger partial charge in [-0.3, -0.25) is 9.59 Å². The van der Waals surface area contributed by atoms with E-state index in [4.69, 9.17) is 0 Å². The van der Waals surface area contributed by atoms with Gasteiger partial charge in [-0.1, -0.05) is 12.5 Å². The molecule has 2 amide bonds. The van der Waals surface area contributed by atoms with Crippen molar-refractivity contribution in [2.75, 3.05) is 32.7 Å². The minimum absolute atomic E-state index is 0.0350. The van der Waals surface area contributed by atoms with Crippen LogP contribution in [0.25, 0.3) is 5.52 Å². The van der Waals surface area contributed by atoms with E-state index in [-0.39, 0.29) is 18.4 Å². The number of hydrogen-bond acceptors (Lipinski definition) is 4. The topological polar surface area (TPSA) is 78.7 Å². The van der Waals surface area contributed by atoms with Gasteiger partial charge in [0, 0.05) is 19.3 Å². The molecule has 7 nitrogen and oxygen atoms in total. The number of carbonyl (C=O) groups is 2. The van der Waals surface area contributed by atoms with E-state index in [1.807, 2.05) is 18.2 Å². The first-order valence-electron chi connectivity index (χ1n) is 8.44. The molecular weight excluding hydrogens is 306 g/mol. The number of likely N-dealkylation sites (tertiary alicyclic amines) is 1. The van der Waals surface area contributed by atoms with Gasteiger partial charge in [0.05, 0.1) is 12.1 Å². The number of nitrogens with one attached hydrogen (secondary N) is 2. The third kappa shape index (κ3) is 4.32. The maximum atomic E-state index is 12.1. The Morgan fingerprint density at radius 2 is 1.96 bits per heavy atom. The van der Waals surface area contributed by atoms with Gasteiger partial charge in [0.2, 0.25) is 5.91 Å². The Morgan fingerprint density at radius 3 is 2.75 bits per heavy atom. The van der Waals surface area contributed by atoms with Crippen LogP contribution in [0.3, 0.4) is 0 Å². The van der Waals surface area contributed by atoms with Gasteiger partial charge in [0.15, 0.2) is 5.69 Å². The van der Waals surface area contributed by atoms with Crippen molar-refractivity contribution >= 4 is 17.3 Å². The van der Waals surface area contributed by atoms with Gasteiger partial charge in [-0.25, -0.2) is 4.52 Å². The van der Waals surface area contributed by atoms with Crippen molar-refractivity contribution in [3.8, 4) is 0 Å². The molecule has 0 spiro atoms. The zero-order valence-corrected chi connectivity index (χ0v) is 13.7. The number of hydrogen-bond donors (Lipinski definition) is 2. The number of piperidine rings is 1. The Hall–Kier alpha value is -2.41. The summed E-state index contributed by atoms with van der Waals surface area (Å²) in [5.41, 5.74) is 1.15. The first-order chi connectivity index (χ1) is 11.7. The molecular formula is C17H23N5O2. The molecule has 3 heterocycles. The highest BCUT2D eigenvalue weighted by Crippen LogP contribution is 2.07. The van der Waals surface area contributed by atoms with Crippen LogP contribution in [0.5, 0.6) is 0 Å². The summed E-state index contributed by atoms with van der Waals surface area (Å²) in [6.45, 7) is 3.67. The van der Waals surface area contributed by atoms with Crippen LogP contribution in [0.4, 0.5) is 0 Å². The van der Waals surface area contributed by atoms with Gasteiger partial charge >= 0.3 is 0 Å². The minimum atomic E-state index is -0.343. The summed E-state index contributed by atoms with van der Waals surface area (Å²) in [5.74, 6) is -0.519. The molecule has 2 aromatic heterocycles. The largest absolute Gasteiger partial charge is 0.353 e. The van der Waals surface area contributed by atoms with E-state index in [0.29, 0.717) is 12.2 Å². The molecule has 0 radical (unpaired) electrons. The van der Waals surface area contributed by atoms with Crippen molar-refractivity contribution in [1.29, 1.82) is 0 Å². The summed E-state index contributed by atoms with van der Waals surface area (Å²) in [6, 6.07) is 7.30. The van der Waals surface area contributed by atoms with Crippen molar-refractivity contribution in [2.45, 2.75) is 19.3 Å². The fraction of sp³-hybridized carbons (Fsp3) is 0.471. The molecule has 128 valence electrons. The molecule has 1 aliphatic heterocycles. The van der Waals surface area contributed by atoms with Crippen LogP contribution < -0.4 is 10.6 Å². The molecule has 7 heteroatoms. The van der Waals surface area contributed by atoms with E-state index in [2.05, 4.69) is 20.6 Å². The molecule has 0 bridgehead atoms. The van der Waals surface area contributed by atoms with Gasteiger partial charge in [0.25, 0.3) is 5.91 Å². The fourth-order valence-corrected chi connectivity index (χ4v) is 2.90. The Morgan fingerprint density at radius 1 is 1.12 bits per heavy atom. The predicted molar refractivity (Wildman–Crippen MR) is 90.8 cm³/mol. The quantitative estimate of drug-likeness (QED) is 0.816. The summed E-state index contributed by atoms with van der Waals surface area (Å²) in [5, 5.41) is 9.63. The summed E-state index contributed by atoms with van der Waals surface area (Å²) in [6.07, 6.45) is 5.56. The molecule has 0 atom stereocenters. The second-order valence-electron chi connectivity index (χ2n) is 6.03. The lowest BCUT2D eigenvalue weighted by molar-refractivity contribution is -0.120. The zero-order chi connectivity index (χ0) is 16.8. The minimum Gasteiger partial charge on any atom is -0.353 e. The van der Waals surface area contributed by atoms with E-state index >= 15 is 0 Å². The molecule has 3 rings (SSSR count). The summed E-state index contributed by atoms with van der Waals surface area (Å²) in [4.78, 5) is 26.2. The van der Waals surface area contributed by atoms with Crippen molar-refractivity contribution in [3.63, 3.8) is 0 Å². The van der Waals surface area contributed by atoms with E-state index in [9.17, 15) is 9.59 Å². The molecule has 0 saturated carbocycles. The van der Waals surface area contributed by atoms with E-state index in [0.717, 1.165) is 25.2 Å². The molecule has 2 N–H and O–H groups in total. The fourth-order valence-electron chi connectivity index (χ4n) is 2.90. The van der Waals surface area contributed by atoms with Crippen molar-refractivity contribution in [3.05, 3.63) is 36.2 Å². The molecule has 0 unspecified atom stereocenters. The van der Waals surface area contributed by atoms with Gasteiger partial charge in [-0.05, 0) is 44.1 Å². The Balaban J connectivity index is 1.39. The maximum absolute atomic E-state index is 12.1. The normalized spacial score (nSPS) is 15.3. The van der Waals surface area contributed by atoms with Crippen LogP contribution in [0.2, 0.25) is 0 Å². The van der Waals surface area contributed by atoms with Crippen molar-refractivity contribution in [1.82, 2.24) is 25.1 Å². The number of nitrogens with zero attached hydrogens (tertiary/aromatic N) is 3. The highest BCUT2D eigenvalue weighted by Gasteiger charge is 2.13. The van der Waals surface area contributed by atoms with E-state index in [1.165, 1.54) is 19.3 Å². The zero-order valence-electron chi connectivity index (χ0n) is 13.7. The van der Waals surface area contributed by atoms with Gasteiger partial charge in [0.1, 0.15) is 0 Å². The second-order valence-corrected chi connectivity index (χ2v) is 6.03. The predicted octanol–water partition coefficient (Wildman–Crippen LogP) is 0.666. The van der Waals surface area contributed by atoms with Crippen LogP contribution in [-0.2, 0) is 4.79 Å². The average Bonchev–Trinajstić information content (AvgIpc) is 3.05. The third-order valence-corrected chi connectivity index (χ3v) is 4.21. The van der Waals surface area contributed by atoms with E-state index < -0.39 is 0 Å². The lowest BCUT2D eigenvalue weighted by atomic mass is 10.1. The number of rotatable bonds is 6. The number of carbonyl (C=O) groups excluding carboxylic acids is 2. The molecule has 0 aromatic carbocycles. The van der Waals surface area contributed by atoms with Crippen LogP contribution in [0, 0.1) is 0 Å². The first-order valence-corrected chi connectivity index (χ1v) is 8.44. The highest BCUT2D eigenvalue weighted by atomic mass is 16.2. The number of pyridine rings is 1. The number of aromatic nitrogens is 2. The van der Waals surface area contributed by atoms with Crippen LogP contribution in [-0.4, -0.2) is 59.1 Å². The lowest BCUT2D eigenvalue weighted by Crippen LogP contribution is -2.41. The van der Waals surface area contributed by atoms with Crippen LogP contribution >= 0.6 is 0 Å². The average molecular weight is 329 g/mol. The standard InChI is InChI=1S/C17H23N5O2/c23-16(18-7-11-21-8-3-1-4-9-21)13-19-17(24)15-12-14-6-2-5-10-22(14)20-15/h2,5-6,10,12H,1,3-4,7-9,11,13H2,(H,18,23)(H,19,24). The van der Waals surface area contributed by atoms with E-state index in [1.54, 1.807) is 16.8 Å². The lowest BCUT2D eigenvalue weighted by Gasteiger charge is -2.26. The molecule has 0 aliphatic carbocycles. The summed E-state index contributed by atoms with van der Waals surface area (Å²) >= 11 is 0. The maximum Gasteiger partial charge on any atom is 0.272 e. The van der Waals surface area contributed by atoms with Crippen molar-refractivity contribution < 1.29 is 9.59 Å². The van der Waals surface area contributed by atoms with Gasteiger partial charge < -0.3 is 15.5 Å². The van der Waals surface area contributed by atoms with Crippen LogP contribution in [0.15, 0.2) is 30.5 Å². The van der Waals surface area contributed by atoms with Crippen molar-refractivity contribution in [2.24, 2.45) is 0 Å². The van der Waals surface area contributed by atoms with Gasteiger partial charge in [-0.15, -0.1) is 0 Å². The molecule has 1 saturated heterocycles. The number of fused-ring (bicyclic) bond motifs is 1. The summed E-state index contributed by atoms with van der Waals surface area (Å²) in [7, 11) is 0. The third-order valence-electron chi connectivity index (χ3n) is 4.21. The van der Waals surface area contributed by atoms with Gasteiger partial charge in [-0.2, -0.15) is 5.10 Å². The molecule has 24 heavy (non-hydrogen) atoms. The monoisotopic (exact) mass is 329 g/mol. The molecule has 1 fully saturated rings. The Kier molecular flexibility index (Phi) is 5.43. The SMILES string of the molecule is O=C(CNC(=O)c1cc2ccccn2n1)NCCN1CCCCC1. The molecule has 2 aromatic rings. The highest BCUT2D eigenvalue weighted by molar-refractivity contribution is 5.95. The summed E-state index contributed by atoms with van der Waals surface area (Å²) < 4.78 is 1.63. The first kappa shape index (κ1) is 16.4. The Labute approximate surface area is 141 Å². The Bertz CT molecular complexity index is 673. The van der Waals surface area contributed by atoms with Crippen LogP contribution in [0.1, 0.15) is 29.8 Å². The molecule has 1 aliphatic rings. The smallest absolute Gasteiger partial charge is 0.272 e. The number of amides is 2. The second kappa shape index (κ2) is 7.92.